The standard InChI is InChI=1S/C13H15BrN2O3/c1-13(2,3)19-11(17)7-16-6-10-9(12(16)18)4-8(14)5-15-10/h4-5H,6-7H2,1-3H3. The average molecular weight is 327 g/mol. The Morgan fingerprint density at radius 1 is 1.53 bits per heavy atom. The molecule has 0 aromatic carbocycles. The zero-order chi connectivity index (χ0) is 14.2. The first kappa shape index (κ1) is 14.0. The van der Waals surface area contributed by atoms with Crippen molar-refractivity contribution in [2.75, 3.05) is 6.54 Å². The number of carbonyl (C=O) groups is 2. The molecule has 0 unspecified atom stereocenters. The third-order valence-electron chi connectivity index (χ3n) is 2.54. The maximum atomic E-state index is 12.1. The Labute approximate surface area is 120 Å². The lowest BCUT2D eigenvalue weighted by molar-refractivity contribution is -0.155. The number of halogens is 1. The van der Waals surface area contributed by atoms with Crippen LogP contribution in [0.4, 0.5) is 0 Å². The molecule has 1 amide bonds. The van der Waals surface area contributed by atoms with Gasteiger partial charge in [-0.3, -0.25) is 14.6 Å². The number of pyridine rings is 1. The lowest BCUT2D eigenvalue weighted by Crippen LogP contribution is -2.35. The molecule has 1 aliphatic heterocycles. The number of hydrogen-bond donors (Lipinski definition) is 0. The monoisotopic (exact) mass is 326 g/mol. The quantitative estimate of drug-likeness (QED) is 0.781. The minimum atomic E-state index is -0.548. The van der Waals surface area contributed by atoms with Crippen LogP contribution < -0.4 is 0 Å². The van der Waals surface area contributed by atoms with Gasteiger partial charge in [0, 0.05) is 10.7 Å². The fraction of sp³-hybridized carbons (Fsp3) is 0.462. The van der Waals surface area contributed by atoms with Crippen molar-refractivity contribution in [3.05, 3.63) is 28.0 Å². The smallest absolute Gasteiger partial charge is 0.326 e. The van der Waals surface area contributed by atoms with E-state index in [1.165, 1.54) is 4.90 Å². The molecule has 0 fully saturated rings. The number of aromatic nitrogens is 1. The summed E-state index contributed by atoms with van der Waals surface area (Å²) in [5.41, 5.74) is 0.684. The van der Waals surface area contributed by atoms with Crippen LogP contribution in [0.1, 0.15) is 36.8 Å². The van der Waals surface area contributed by atoms with Gasteiger partial charge in [-0.1, -0.05) is 0 Å². The molecule has 1 aliphatic rings. The Hall–Kier alpha value is -1.43. The highest BCUT2D eigenvalue weighted by Gasteiger charge is 2.31. The molecule has 0 N–H and O–H groups in total. The molecule has 0 atom stereocenters. The summed E-state index contributed by atoms with van der Waals surface area (Å²) in [6.07, 6.45) is 1.64. The molecule has 0 bridgehead atoms. The van der Waals surface area contributed by atoms with E-state index in [1.54, 1.807) is 33.0 Å². The second kappa shape index (κ2) is 4.92. The molecule has 0 aliphatic carbocycles. The predicted molar refractivity (Wildman–Crippen MR) is 72.5 cm³/mol. The summed E-state index contributed by atoms with van der Waals surface area (Å²) < 4.78 is 5.96. The van der Waals surface area contributed by atoms with Crippen LogP contribution in [-0.4, -0.2) is 33.9 Å². The Kier molecular flexibility index (Phi) is 3.62. The maximum absolute atomic E-state index is 12.1. The van der Waals surface area contributed by atoms with Crippen molar-refractivity contribution in [2.45, 2.75) is 32.9 Å². The van der Waals surface area contributed by atoms with Crippen molar-refractivity contribution in [3.63, 3.8) is 0 Å². The highest BCUT2D eigenvalue weighted by molar-refractivity contribution is 9.10. The van der Waals surface area contributed by atoms with Gasteiger partial charge >= 0.3 is 5.97 Å². The molecule has 2 rings (SSSR count). The van der Waals surface area contributed by atoms with Gasteiger partial charge in [-0.05, 0) is 42.8 Å². The zero-order valence-corrected chi connectivity index (χ0v) is 12.7. The molecule has 1 aromatic rings. The number of ether oxygens (including phenoxy) is 1. The van der Waals surface area contributed by atoms with E-state index in [0.717, 1.165) is 4.47 Å². The van der Waals surface area contributed by atoms with Crippen molar-refractivity contribution in [1.29, 1.82) is 0 Å². The van der Waals surface area contributed by atoms with Gasteiger partial charge in [0.1, 0.15) is 12.1 Å². The number of rotatable bonds is 2. The summed E-state index contributed by atoms with van der Waals surface area (Å²) in [4.78, 5) is 29.5. The van der Waals surface area contributed by atoms with Gasteiger partial charge in [-0.15, -0.1) is 0 Å². The third-order valence-corrected chi connectivity index (χ3v) is 2.97. The minimum absolute atomic E-state index is 0.0515. The average Bonchev–Trinajstić information content (AvgIpc) is 2.54. The molecular formula is C13H15BrN2O3. The fourth-order valence-corrected chi connectivity index (χ4v) is 2.19. The SMILES string of the molecule is CC(C)(C)OC(=O)CN1Cc2ncc(Br)cc2C1=O. The van der Waals surface area contributed by atoms with Crippen LogP contribution in [0, 0.1) is 0 Å². The molecule has 0 radical (unpaired) electrons. The van der Waals surface area contributed by atoms with E-state index in [4.69, 9.17) is 4.74 Å². The minimum Gasteiger partial charge on any atom is -0.459 e. The molecule has 0 spiro atoms. The Morgan fingerprint density at radius 3 is 2.84 bits per heavy atom. The zero-order valence-electron chi connectivity index (χ0n) is 11.1. The molecule has 2 heterocycles. The number of carbonyl (C=O) groups excluding carboxylic acids is 2. The van der Waals surface area contributed by atoms with Crippen molar-refractivity contribution in [1.82, 2.24) is 9.88 Å². The van der Waals surface area contributed by atoms with E-state index in [2.05, 4.69) is 20.9 Å². The van der Waals surface area contributed by atoms with Crippen molar-refractivity contribution in [3.8, 4) is 0 Å². The van der Waals surface area contributed by atoms with E-state index in [9.17, 15) is 9.59 Å². The highest BCUT2D eigenvalue weighted by Crippen LogP contribution is 2.23. The Balaban J connectivity index is 2.06. The summed E-state index contributed by atoms with van der Waals surface area (Å²) >= 11 is 3.28. The summed E-state index contributed by atoms with van der Waals surface area (Å²) in [6, 6.07) is 1.72. The van der Waals surface area contributed by atoms with Gasteiger partial charge in [0.05, 0.1) is 17.8 Å². The van der Waals surface area contributed by atoms with E-state index in [0.29, 0.717) is 17.8 Å². The summed E-state index contributed by atoms with van der Waals surface area (Å²) in [7, 11) is 0. The number of nitrogens with zero attached hydrogens (tertiary/aromatic N) is 2. The second-order valence-electron chi connectivity index (χ2n) is 5.40. The molecule has 0 saturated heterocycles. The van der Waals surface area contributed by atoms with E-state index >= 15 is 0 Å². The second-order valence-corrected chi connectivity index (χ2v) is 6.31. The van der Waals surface area contributed by atoms with Crippen LogP contribution in [0.5, 0.6) is 0 Å². The topological polar surface area (TPSA) is 59.5 Å². The van der Waals surface area contributed by atoms with Crippen molar-refractivity contribution < 1.29 is 14.3 Å². The van der Waals surface area contributed by atoms with Gasteiger partial charge < -0.3 is 9.64 Å². The molecule has 6 heteroatoms. The van der Waals surface area contributed by atoms with E-state index in [1.807, 2.05) is 0 Å². The summed E-state index contributed by atoms with van der Waals surface area (Å²) in [5, 5.41) is 0. The van der Waals surface area contributed by atoms with Crippen LogP contribution in [-0.2, 0) is 16.1 Å². The molecular weight excluding hydrogens is 312 g/mol. The fourth-order valence-electron chi connectivity index (χ4n) is 1.86. The molecule has 5 nitrogen and oxygen atoms in total. The molecule has 102 valence electrons. The number of hydrogen-bond acceptors (Lipinski definition) is 4. The Morgan fingerprint density at radius 2 is 2.21 bits per heavy atom. The van der Waals surface area contributed by atoms with Gasteiger partial charge in [0.25, 0.3) is 5.91 Å². The molecule has 0 saturated carbocycles. The predicted octanol–water partition coefficient (Wildman–Crippen LogP) is 2.14. The summed E-state index contributed by atoms with van der Waals surface area (Å²) in [6.45, 7) is 5.68. The lowest BCUT2D eigenvalue weighted by Gasteiger charge is -2.22. The Bertz CT molecular complexity index is 537. The van der Waals surface area contributed by atoms with E-state index in [-0.39, 0.29) is 12.5 Å². The largest absolute Gasteiger partial charge is 0.459 e. The van der Waals surface area contributed by atoms with Crippen LogP contribution in [0.25, 0.3) is 0 Å². The normalized spacial score (nSPS) is 14.5. The first-order valence-electron chi connectivity index (χ1n) is 5.92. The number of esters is 1. The van der Waals surface area contributed by atoms with Crippen LogP contribution >= 0.6 is 15.9 Å². The number of amides is 1. The van der Waals surface area contributed by atoms with E-state index < -0.39 is 11.6 Å². The van der Waals surface area contributed by atoms with Gasteiger partial charge in [0.2, 0.25) is 0 Å². The maximum Gasteiger partial charge on any atom is 0.326 e. The number of fused-ring (bicyclic) bond motifs is 1. The highest BCUT2D eigenvalue weighted by atomic mass is 79.9. The van der Waals surface area contributed by atoms with Crippen molar-refractivity contribution >= 4 is 27.8 Å². The van der Waals surface area contributed by atoms with Crippen LogP contribution in [0.3, 0.4) is 0 Å². The van der Waals surface area contributed by atoms with Crippen LogP contribution in [0.2, 0.25) is 0 Å². The van der Waals surface area contributed by atoms with Gasteiger partial charge in [0.15, 0.2) is 0 Å². The molecule has 19 heavy (non-hydrogen) atoms. The third kappa shape index (κ3) is 3.32. The molecule has 1 aromatic heterocycles. The van der Waals surface area contributed by atoms with Gasteiger partial charge in [-0.25, -0.2) is 0 Å². The lowest BCUT2D eigenvalue weighted by atomic mass is 10.2. The first-order valence-corrected chi connectivity index (χ1v) is 6.71. The first-order chi connectivity index (χ1) is 8.76. The van der Waals surface area contributed by atoms with Gasteiger partial charge in [-0.2, -0.15) is 0 Å². The van der Waals surface area contributed by atoms with Crippen LogP contribution in [0.15, 0.2) is 16.7 Å². The van der Waals surface area contributed by atoms with Crippen molar-refractivity contribution in [2.24, 2.45) is 0 Å². The summed E-state index contributed by atoms with van der Waals surface area (Å²) in [5.74, 6) is -0.595.